The van der Waals surface area contributed by atoms with E-state index in [1.165, 1.54) is 19.1 Å². The summed E-state index contributed by atoms with van der Waals surface area (Å²) in [5, 5.41) is 82.5. The number of Topliss-reactive ketones (excluding diaryl/α,β-unsaturated/α-hetero) is 1. The predicted octanol–water partition coefficient (Wildman–Crippen LogP) is 5.36. The number of carbonyl (C=O) groups is 3. The van der Waals surface area contributed by atoms with E-state index in [-0.39, 0.29) is 80.8 Å². The number of allylic oxidation sites excluding steroid dienone is 3. The van der Waals surface area contributed by atoms with Gasteiger partial charge in [-0.1, -0.05) is 82.3 Å². The fourth-order valence-electron chi connectivity index (χ4n) is 14.2. The number of carbonyl (C=O) groups excluding carboxylic acids is 3. The van der Waals surface area contributed by atoms with Crippen LogP contribution >= 0.6 is 11.6 Å². The molecule has 0 amide bonds. The van der Waals surface area contributed by atoms with Crippen LogP contribution in [0.5, 0.6) is 0 Å². The molecular formula is C61H91ClO20. The lowest BCUT2D eigenvalue weighted by Gasteiger charge is -2.51. The van der Waals surface area contributed by atoms with Crippen molar-refractivity contribution in [2.45, 2.75) is 265 Å². The van der Waals surface area contributed by atoms with E-state index >= 15 is 0 Å². The highest BCUT2D eigenvalue weighted by Crippen LogP contribution is 2.48. The Morgan fingerprint density at radius 1 is 0.854 bits per heavy atom. The van der Waals surface area contributed by atoms with E-state index in [4.69, 9.17) is 59.0 Å². The summed E-state index contributed by atoms with van der Waals surface area (Å²) in [5.41, 5.74) is -0.103. The van der Waals surface area contributed by atoms with Gasteiger partial charge < -0.3 is 83.1 Å². The zero-order valence-electron chi connectivity index (χ0n) is 48.7. The molecule has 20 nitrogen and oxygen atoms in total. The number of methoxy groups -OCH3 is 1. The number of hydrogen-bond acceptors (Lipinski definition) is 20. The zero-order chi connectivity index (χ0) is 59.6. The molecule has 8 heterocycles. The molecule has 0 aromatic carbocycles. The normalized spacial score (nSPS) is 46.9. The van der Waals surface area contributed by atoms with E-state index in [0.717, 1.165) is 5.57 Å². The van der Waals surface area contributed by atoms with Gasteiger partial charge in [-0.2, -0.15) is 0 Å². The Hall–Kier alpha value is -3.00. The van der Waals surface area contributed by atoms with Gasteiger partial charge in [0.05, 0.1) is 91.9 Å². The lowest BCUT2D eigenvalue weighted by Crippen LogP contribution is -2.65. The number of halogens is 1. The molecule has 24 atom stereocenters. The summed E-state index contributed by atoms with van der Waals surface area (Å²) in [6.07, 6.45) is -4.89. The summed E-state index contributed by atoms with van der Waals surface area (Å²) in [4.78, 5) is 41.2. The standard InChI is InChI=1S/C61H91ClO20/c1-32(17-40(64)16-15-33(2)62)18-51-53(69)55-37(6)56(76-51)57(70)61(72)29-49(67)35(4)50(82-61)14-12-10-11-13-42-20-41(65)25-59(78-42)27-45(73-9)21-43(79-59)23-48(66)36(5)54-34(3)39(30-74-54)19-47-26-58(8,71)31-60(81-47)28-46(75-38(7)63)22-44(80-60)24-52(68)77-55/h11,13,15-16,19,34-37,40-47,49-51,53-57,64-65,67,69-72H,1-2,10,12,14,17-18,20-31H2,3-9H3/b13-11-,16-15+,39-19+/t34-,35-,36+,37+,40-,41+,42-,43+,44-,45+,46+,47+,49+,50-,51+,53+,54+,55+,56+,57-,58+,59-,60-,61-/m0/s1. The third-order valence-corrected chi connectivity index (χ3v) is 18.4. The fourth-order valence-corrected chi connectivity index (χ4v) is 14.3. The Morgan fingerprint density at radius 3 is 2.27 bits per heavy atom. The molecule has 8 aliphatic heterocycles. The van der Waals surface area contributed by atoms with Crippen molar-refractivity contribution in [3.8, 4) is 0 Å². The minimum absolute atomic E-state index is 0.0131. The molecular weight excluding hydrogens is 1090 g/mol. The third-order valence-electron chi connectivity index (χ3n) is 18.3. The summed E-state index contributed by atoms with van der Waals surface area (Å²) in [5.74, 6) is -8.93. The van der Waals surface area contributed by atoms with Crippen LogP contribution in [-0.4, -0.2) is 188 Å². The molecule has 7 fully saturated rings. The van der Waals surface area contributed by atoms with Crippen LogP contribution in [0.1, 0.15) is 144 Å². The van der Waals surface area contributed by atoms with Gasteiger partial charge in [-0.15, -0.1) is 0 Å². The number of aliphatic hydroxyl groups is 7. The van der Waals surface area contributed by atoms with Crippen LogP contribution in [0.2, 0.25) is 0 Å². The van der Waals surface area contributed by atoms with Crippen molar-refractivity contribution >= 4 is 29.3 Å². The van der Waals surface area contributed by atoms with Gasteiger partial charge in [-0.05, 0) is 50.7 Å². The third kappa shape index (κ3) is 15.9. The maximum absolute atomic E-state index is 14.4. The van der Waals surface area contributed by atoms with Crippen molar-refractivity contribution in [2.75, 3.05) is 13.7 Å². The number of aliphatic hydroxyl groups excluding tert-OH is 5. The fraction of sp³-hybridized carbons (Fsp3) is 0.787. The van der Waals surface area contributed by atoms with Crippen molar-refractivity contribution in [2.24, 2.45) is 23.7 Å². The maximum Gasteiger partial charge on any atom is 0.308 e. The lowest BCUT2D eigenvalue weighted by atomic mass is 9.78. The number of rotatable bonds is 8. The van der Waals surface area contributed by atoms with Gasteiger partial charge in [-0.25, -0.2) is 0 Å². The van der Waals surface area contributed by atoms with Crippen LogP contribution in [0.25, 0.3) is 0 Å². The molecule has 462 valence electrons. The van der Waals surface area contributed by atoms with Crippen LogP contribution < -0.4 is 0 Å². The van der Waals surface area contributed by atoms with Gasteiger partial charge in [0.2, 0.25) is 0 Å². The molecule has 2 spiro atoms. The van der Waals surface area contributed by atoms with E-state index in [9.17, 15) is 50.1 Å². The summed E-state index contributed by atoms with van der Waals surface area (Å²) < 4.78 is 63.9. The topological polar surface area (TPSA) is 285 Å². The summed E-state index contributed by atoms with van der Waals surface area (Å²) in [6.45, 7) is 18.1. The smallest absolute Gasteiger partial charge is 0.308 e. The highest BCUT2D eigenvalue weighted by molar-refractivity contribution is 6.30. The van der Waals surface area contributed by atoms with Gasteiger partial charge in [0.25, 0.3) is 0 Å². The van der Waals surface area contributed by atoms with Gasteiger partial charge >= 0.3 is 11.9 Å². The van der Waals surface area contributed by atoms with Crippen molar-refractivity contribution in [1.29, 1.82) is 0 Å². The first-order valence-electron chi connectivity index (χ1n) is 29.6. The van der Waals surface area contributed by atoms with Crippen LogP contribution in [0.15, 0.2) is 59.7 Å². The molecule has 21 heteroatoms. The highest BCUT2D eigenvalue weighted by atomic mass is 35.5. The summed E-state index contributed by atoms with van der Waals surface area (Å²) in [6, 6.07) is 0. The predicted molar refractivity (Wildman–Crippen MR) is 296 cm³/mol. The van der Waals surface area contributed by atoms with Crippen LogP contribution in [0.3, 0.4) is 0 Å². The van der Waals surface area contributed by atoms with Gasteiger partial charge in [0.15, 0.2) is 17.4 Å². The summed E-state index contributed by atoms with van der Waals surface area (Å²) in [7, 11) is 1.61. The van der Waals surface area contributed by atoms with Crippen LogP contribution in [-0.2, 0) is 61.8 Å². The van der Waals surface area contributed by atoms with E-state index in [1.54, 1.807) is 27.9 Å². The summed E-state index contributed by atoms with van der Waals surface area (Å²) >= 11 is 5.89. The number of fused-ring (bicyclic) bond motifs is 10. The number of esters is 2. The highest BCUT2D eigenvalue weighted by Gasteiger charge is 2.58. The lowest BCUT2D eigenvalue weighted by molar-refractivity contribution is -0.350. The average molecular weight is 1180 g/mol. The SMILES string of the molecule is C=C(Cl)/C=C/[C@H](O)CC(=C)C[C@H]1O[C@@H]2[C@H](C)[C@@H](OC(=O)C[C@@H]3C[C@@H](OC(C)=O)C[C@]4(C[C@](C)(O)C[C@@H](/C=C5\CO[C@@H]([C@H](C)C(=O)C[C@H]6C[C@@H](OC)C[C@]7(C[C@H](O)C[C@H](/C=C\CCC[C@@H]8O[C@@](O)(C[C@@H](O)[C@@H]8C)[C@H]2O)O7)O6)[C@H]5C)O4)O3)[C@@H]1O. The van der Waals surface area contributed by atoms with E-state index in [2.05, 4.69) is 13.2 Å². The second-order valence-electron chi connectivity index (χ2n) is 25.4. The molecule has 7 N–H and O–H groups in total. The number of ether oxygens (including phenoxy) is 10. The van der Waals surface area contributed by atoms with Crippen LogP contribution in [0, 0.1) is 23.7 Å². The van der Waals surface area contributed by atoms with E-state index in [1.807, 2.05) is 32.1 Å². The molecule has 0 aromatic rings. The first-order chi connectivity index (χ1) is 38.6. The first kappa shape index (κ1) is 65.0. The maximum atomic E-state index is 14.4. The quantitative estimate of drug-likeness (QED) is 0.0915. The molecule has 8 rings (SSSR count). The van der Waals surface area contributed by atoms with Crippen molar-refractivity contribution in [3.05, 3.63) is 59.7 Å². The minimum Gasteiger partial charge on any atom is -0.462 e. The second-order valence-corrected chi connectivity index (χ2v) is 25.9. The van der Waals surface area contributed by atoms with Crippen molar-refractivity contribution in [3.63, 3.8) is 0 Å². The van der Waals surface area contributed by atoms with Crippen LogP contribution in [0.4, 0.5) is 0 Å². The molecule has 8 aliphatic rings. The molecule has 0 saturated carbocycles. The number of hydrogen-bond donors (Lipinski definition) is 7. The number of ketones is 1. The van der Waals surface area contributed by atoms with Gasteiger partial charge in [0, 0.05) is 107 Å². The molecule has 0 aliphatic carbocycles. The van der Waals surface area contributed by atoms with Gasteiger partial charge in [0.1, 0.15) is 30.2 Å². The molecule has 0 unspecified atom stereocenters. The molecule has 0 aromatic heterocycles. The molecule has 7 saturated heterocycles. The Bertz CT molecular complexity index is 2360. The first-order valence-corrected chi connectivity index (χ1v) is 29.9. The monoisotopic (exact) mass is 1180 g/mol. The Kier molecular flexibility index (Phi) is 21.4. The zero-order valence-corrected chi connectivity index (χ0v) is 49.4. The Balaban J connectivity index is 1.10. The molecule has 12 bridgehead atoms. The molecule has 0 radical (unpaired) electrons. The largest absolute Gasteiger partial charge is 0.462 e. The van der Waals surface area contributed by atoms with Gasteiger partial charge in [-0.3, -0.25) is 14.4 Å². The van der Waals surface area contributed by atoms with Crippen molar-refractivity contribution in [1.82, 2.24) is 0 Å². The van der Waals surface area contributed by atoms with E-state index < -0.39 is 157 Å². The minimum atomic E-state index is -2.39. The average Bonchev–Trinajstić information content (AvgIpc) is 2.35. The van der Waals surface area contributed by atoms with Crippen molar-refractivity contribution < 1.29 is 97.5 Å². The van der Waals surface area contributed by atoms with E-state index in [0.29, 0.717) is 44.1 Å². The molecule has 82 heavy (non-hydrogen) atoms. The Labute approximate surface area is 487 Å². The Morgan fingerprint density at radius 2 is 1.55 bits per heavy atom. The second kappa shape index (κ2) is 26.9.